The Labute approximate surface area is 263 Å². The van der Waals surface area contributed by atoms with E-state index in [9.17, 15) is 4.79 Å². The summed E-state index contributed by atoms with van der Waals surface area (Å²) in [6, 6.07) is 31.9. The second-order valence-electron chi connectivity index (χ2n) is 9.91. The molecule has 0 spiro atoms. The van der Waals surface area contributed by atoms with Crippen LogP contribution in [-0.4, -0.2) is 20.7 Å². The summed E-state index contributed by atoms with van der Waals surface area (Å²) in [6.07, 6.45) is 0. The van der Waals surface area contributed by atoms with Gasteiger partial charge in [-0.25, -0.2) is 4.68 Å². The Morgan fingerprint density at radius 3 is 2.42 bits per heavy atom. The number of para-hydroxylation sites is 1. The first-order valence-corrected chi connectivity index (χ1v) is 15.3. The Hall–Kier alpha value is -4.24. The Bertz CT molecular complexity index is 1770. The van der Waals surface area contributed by atoms with E-state index in [1.54, 1.807) is 4.68 Å². The number of hydrogen-bond donors (Lipinski definition) is 2. The molecule has 0 aliphatic carbocycles. The van der Waals surface area contributed by atoms with Crippen LogP contribution in [-0.2, 0) is 17.2 Å². The molecule has 5 aromatic rings. The van der Waals surface area contributed by atoms with Crippen LogP contribution < -0.4 is 15.4 Å². The van der Waals surface area contributed by atoms with Crippen LogP contribution in [0.4, 0.5) is 11.6 Å². The molecule has 1 unspecified atom stereocenters. The molecule has 4 aromatic carbocycles. The second-order valence-corrected chi connectivity index (χ2v) is 11.7. The maximum absolute atomic E-state index is 13.8. The predicted octanol–water partition coefficient (Wildman–Crippen LogP) is 8.38. The number of ether oxygens (including phenoxy) is 1. The fraction of sp³-hybridized carbons (Fsp3) is 0.121. The Kier molecular flexibility index (Phi) is 8.69. The third-order valence-corrected chi connectivity index (χ3v) is 8.45. The van der Waals surface area contributed by atoms with Crippen molar-refractivity contribution in [1.29, 1.82) is 0 Å². The number of anilines is 2. The molecule has 0 fully saturated rings. The maximum Gasteiger partial charge on any atom is 0.255 e. The van der Waals surface area contributed by atoms with Gasteiger partial charge in [-0.05, 0) is 66.1 Å². The number of fused-ring (bicyclic) bond motifs is 1. The summed E-state index contributed by atoms with van der Waals surface area (Å²) < 4.78 is 7.78. The first kappa shape index (κ1) is 28.9. The van der Waals surface area contributed by atoms with Crippen LogP contribution >= 0.6 is 35.0 Å². The molecule has 1 aromatic heterocycles. The van der Waals surface area contributed by atoms with E-state index in [1.165, 1.54) is 11.8 Å². The number of carbonyl (C=O) groups is 1. The van der Waals surface area contributed by atoms with E-state index >= 15 is 0 Å². The largest absolute Gasteiger partial charge is 0.489 e. The summed E-state index contributed by atoms with van der Waals surface area (Å²) in [4.78, 5) is 18.5. The quantitative estimate of drug-likeness (QED) is 0.160. The number of halogens is 2. The number of carbonyl (C=O) groups excluding carboxylic acids is 1. The van der Waals surface area contributed by atoms with Gasteiger partial charge in [-0.15, -0.1) is 5.10 Å². The van der Waals surface area contributed by atoms with Crippen molar-refractivity contribution >= 4 is 52.5 Å². The van der Waals surface area contributed by atoms with Gasteiger partial charge in [-0.1, -0.05) is 95.6 Å². The first-order chi connectivity index (χ1) is 20.9. The standard InChI is InChI=1S/C33H27Cl2N5O2S/c1-21-29(31(41)37-26-8-3-2-4-9-26)30(23-13-17-27(18-14-23)42-19-22-11-15-25(34)16-12-22)40-32(36-21)38-33(39-40)43-20-24-7-5-6-10-28(24)35/h2-18,30H,19-20H2,1H3,(H,37,41)(H,36,38,39). The van der Waals surface area contributed by atoms with Crippen molar-refractivity contribution in [1.82, 2.24) is 14.8 Å². The smallest absolute Gasteiger partial charge is 0.255 e. The van der Waals surface area contributed by atoms with Crippen LogP contribution in [0.15, 0.2) is 120 Å². The van der Waals surface area contributed by atoms with Crippen LogP contribution in [0, 0.1) is 0 Å². The fourth-order valence-electron chi connectivity index (χ4n) is 4.77. The minimum absolute atomic E-state index is 0.226. The van der Waals surface area contributed by atoms with E-state index in [4.69, 9.17) is 38.0 Å². The van der Waals surface area contributed by atoms with Crippen molar-refractivity contribution < 1.29 is 9.53 Å². The molecule has 0 saturated carbocycles. The summed E-state index contributed by atoms with van der Waals surface area (Å²) in [6.45, 7) is 2.29. The number of nitrogens with one attached hydrogen (secondary N) is 2. The van der Waals surface area contributed by atoms with Gasteiger partial charge in [-0.2, -0.15) is 4.98 Å². The molecule has 0 saturated heterocycles. The van der Waals surface area contributed by atoms with Gasteiger partial charge in [0.25, 0.3) is 5.91 Å². The van der Waals surface area contributed by atoms with Gasteiger partial charge in [0.05, 0.1) is 5.57 Å². The highest BCUT2D eigenvalue weighted by atomic mass is 35.5. The van der Waals surface area contributed by atoms with Gasteiger partial charge < -0.3 is 15.4 Å². The molecule has 0 radical (unpaired) electrons. The van der Waals surface area contributed by atoms with Crippen molar-refractivity contribution in [2.24, 2.45) is 0 Å². The molecule has 216 valence electrons. The molecule has 43 heavy (non-hydrogen) atoms. The van der Waals surface area contributed by atoms with Gasteiger partial charge in [0, 0.05) is 27.2 Å². The highest BCUT2D eigenvalue weighted by Crippen LogP contribution is 2.38. The Balaban J connectivity index is 1.29. The number of nitrogens with zero attached hydrogens (tertiary/aromatic N) is 3. The second kappa shape index (κ2) is 13.0. The molecular formula is C33H27Cl2N5O2S. The Morgan fingerprint density at radius 1 is 0.953 bits per heavy atom. The van der Waals surface area contributed by atoms with Crippen molar-refractivity contribution in [2.45, 2.75) is 30.5 Å². The molecule has 7 nitrogen and oxygen atoms in total. The number of allylic oxidation sites excluding steroid dienone is 1. The van der Waals surface area contributed by atoms with Crippen LogP contribution in [0.3, 0.4) is 0 Å². The maximum atomic E-state index is 13.8. The highest BCUT2D eigenvalue weighted by Gasteiger charge is 2.34. The minimum Gasteiger partial charge on any atom is -0.489 e. The van der Waals surface area contributed by atoms with E-state index in [2.05, 4.69) is 10.6 Å². The van der Waals surface area contributed by atoms with Gasteiger partial charge in [0.2, 0.25) is 11.1 Å². The van der Waals surface area contributed by atoms with Crippen LogP contribution in [0.25, 0.3) is 0 Å². The van der Waals surface area contributed by atoms with E-state index in [-0.39, 0.29) is 5.91 Å². The normalized spacial score (nSPS) is 14.2. The summed E-state index contributed by atoms with van der Waals surface area (Å²) in [5.41, 5.74) is 4.82. The first-order valence-electron chi connectivity index (χ1n) is 13.6. The zero-order chi connectivity index (χ0) is 29.8. The molecule has 1 aliphatic heterocycles. The molecule has 1 amide bonds. The summed E-state index contributed by atoms with van der Waals surface area (Å²) in [5, 5.41) is 13.1. The number of rotatable bonds is 9. The van der Waals surface area contributed by atoms with Crippen LogP contribution in [0.1, 0.15) is 29.7 Å². The lowest BCUT2D eigenvalue weighted by atomic mass is 9.95. The molecule has 6 rings (SSSR count). The predicted molar refractivity (Wildman–Crippen MR) is 173 cm³/mol. The number of benzene rings is 4. The molecular weight excluding hydrogens is 601 g/mol. The topological polar surface area (TPSA) is 81.1 Å². The van der Waals surface area contributed by atoms with Gasteiger partial charge in [0.1, 0.15) is 18.4 Å². The van der Waals surface area contributed by atoms with Crippen LogP contribution in [0.2, 0.25) is 10.0 Å². The summed E-state index contributed by atoms with van der Waals surface area (Å²) >= 11 is 13.9. The van der Waals surface area contributed by atoms with E-state index in [0.717, 1.165) is 16.7 Å². The van der Waals surface area contributed by atoms with Crippen molar-refractivity contribution in [3.8, 4) is 5.75 Å². The van der Waals surface area contributed by atoms with Crippen molar-refractivity contribution in [2.75, 3.05) is 10.6 Å². The molecule has 2 N–H and O–H groups in total. The van der Waals surface area contributed by atoms with Gasteiger partial charge >= 0.3 is 0 Å². The van der Waals surface area contributed by atoms with E-state index in [1.807, 2.05) is 110 Å². The SMILES string of the molecule is CC1=C(C(=O)Nc2ccccc2)C(c2ccc(OCc3ccc(Cl)cc3)cc2)n2nc(SCc3ccccc3Cl)nc2N1. The lowest BCUT2D eigenvalue weighted by Gasteiger charge is -2.28. The number of thioether (sulfide) groups is 1. The van der Waals surface area contributed by atoms with Gasteiger partial charge in [0.15, 0.2) is 0 Å². The van der Waals surface area contributed by atoms with E-state index in [0.29, 0.717) is 56.2 Å². The third kappa shape index (κ3) is 6.72. The fourth-order valence-corrected chi connectivity index (χ4v) is 6.01. The molecule has 10 heteroatoms. The zero-order valence-electron chi connectivity index (χ0n) is 23.1. The number of aromatic nitrogens is 3. The highest BCUT2D eigenvalue weighted by molar-refractivity contribution is 7.98. The number of amides is 1. The monoisotopic (exact) mass is 627 g/mol. The molecule has 2 heterocycles. The molecule has 1 aliphatic rings. The minimum atomic E-state index is -0.521. The van der Waals surface area contributed by atoms with E-state index < -0.39 is 6.04 Å². The summed E-state index contributed by atoms with van der Waals surface area (Å²) in [7, 11) is 0. The average molecular weight is 629 g/mol. The van der Waals surface area contributed by atoms with Crippen molar-refractivity contribution in [3.63, 3.8) is 0 Å². The lowest BCUT2D eigenvalue weighted by Crippen LogP contribution is -2.31. The number of hydrogen-bond acceptors (Lipinski definition) is 6. The molecule has 1 atom stereocenters. The zero-order valence-corrected chi connectivity index (χ0v) is 25.5. The third-order valence-electron chi connectivity index (χ3n) is 6.94. The molecule has 0 bridgehead atoms. The van der Waals surface area contributed by atoms with Gasteiger partial charge in [-0.3, -0.25) is 4.79 Å². The lowest BCUT2D eigenvalue weighted by molar-refractivity contribution is -0.113. The van der Waals surface area contributed by atoms with Crippen LogP contribution in [0.5, 0.6) is 5.75 Å². The van der Waals surface area contributed by atoms with Crippen molar-refractivity contribution in [3.05, 3.63) is 141 Å². The summed E-state index contributed by atoms with van der Waals surface area (Å²) in [5.74, 6) is 1.65. The Morgan fingerprint density at radius 2 is 1.67 bits per heavy atom. The average Bonchev–Trinajstić information content (AvgIpc) is 3.43.